The summed E-state index contributed by atoms with van der Waals surface area (Å²) in [6.07, 6.45) is 3.89. The Labute approximate surface area is 114 Å². The Hall–Kier alpha value is -1.57. The smallest absolute Gasteiger partial charge is 0.316 e. The fourth-order valence-electron chi connectivity index (χ4n) is 3.41. The summed E-state index contributed by atoms with van der Waals surface area (Å²) in [5.41, 5.74) is 3.32. The van der Waals surface area contributed by atoms with Crippen LogP contribution in [0.4, 0.5) is 0 Å². The van der Waals surface area contributed by atoms with Crippen LogP contribution in [0.25, 0.3) is 0 Å². The maximum Gasteiger partial charge on any atom is 0.316 e. The number of ether oxygens (including phenoxy) is 1. The van der Waals surface area contributed by atoms with E-state index in [-0.39, 0.29) is 11.4 Å². The summed E-state index contributed by atoms with van der Waals surface area (Å²) in [5, 5.41) is 0. The number of rotatable bonds is 1. The Morgan fingerprint density at radius 1 is 1.21 bits per heavy atom. The molecule has 100 valence electrons. The molecule has 1 aliphatic carbocycles. The largest absolute Gasteiger partial charge is 0.460 e. The van der Waals surface area contributed by atoms with Crippen molar-refractivity contribution in [2.24, 2.45) is 5.41 Å². The van der Waals surface area contributed by atoms with Crippen LogP contribution in [0.15, 0.2) is 36.4 Å². The molecule has 19 heavy (non-hydrogen) atoms. The van der Waals surface area contributed by atoms with Crippen molar-refractivity contribution in [2.45, 2.75) is 38.5 Å². The highest BCUT2D eigenvalue weighted by molar-refractivity contribution is 5.83. The molecular weight excluding hydrogens is 236 g/mol. The topological polar surface area (TPSA) is 26.3 Å². The van der Waals surface area contributed by atoms with E-state index in [1.165, 1.54) is 11.1 Å². The summed E-state index contributed by atoms with van der Waals surface area (Å²) in [6, 6.07) is 8.78. The lowest BCUT2D eigenvalue weighted by Crippen LogP contribution is -2.32. The van der Waals surface area contributed by atoms with Crippen LogP contribution in [-0.4, -0.2) is 12.6 Å². The average molecular weight is 256 g/mol. The van der Waals surface area contributed by atoms with E-state index in [4.69, 9.17) is 4.74 Å². The number of hydrogen-bond acceptors (Lipinski definition) is 2. The lowest BCUT2D eigenvalue weighted by molar-refractivity contribution is -0.147. The minimum absolute atomic E-state index is 0.0418. The molecule has 0 radical (unpaired) electrons. The van der Waals surface area contributed by atoms with Gasteiger partial charge in [-0.2, -0.15) is 0 Å². The van der Waals surface area contributed by atoms with Crippen molar-refractivity contribution in [3.05, 3.63) is 47.5 Å². The Morgan fingerprint density at radius 3 is 2.37 bits per heavy atom. The molecule has 0 bridgehead atoms. The third-order valence-corrected chi connectivity index (χ3v) is 4.83. The highest BCUT2D eigenvalue weighted by Crippen LogP contribution is 2.50. The summed E-state index contributed by atoms with van der Waals surface area (Å²) in [5.74, 6) is 0.535. The van der Waals surface area contributed by atoms with Gasteiger partial charge in [0.25, 0.3) is 0 Å². The first-order valence-corrected chi connectivity index (χ1v) is 7.04. The molecule has 1 heterocycles. The predicted molar refractivity (Wildman–Crippen MR) is 74.9 cm³/mol. The molecule has 2 fully saturated rings. The molecule has 0 atom stereocenters. The second-order valence-corrected chi connectivity index (χ2v) is 5.95. The van der Waals surface area contributed by atoms with Gasteiger partial charge in [0.1, 0.15) is 6.61 Å². The predicted octanol–water partition coefficient (Wildman–Crippen LogP) is 3.75. The van der Waals surface area contributed by atoms with Gasteiger partial charge in [-0.1, -0.05) is 36.4 Å². The minimum Gasteiger partial charge on any atom is -0.460 e. The molecule has 1 aromatic rings. The molecule has 0 amide bonds. The summed E-state index contributed by atoms with van der Waals surface area (Å²) in [6.45, 7) is 6.58. The van der Waals surface area contributed by atoms with Crippen LogP contribution in [0.3, 0.4) is 0 Å². The quantitative estimate of drug-likeness (QED) is 0.565. The van der Waals surface area contributed by atoms with E-state index in [1.807, 2.05) is 0 Å². The number of hydrogen-bond donors (Lipinski definition) is 0. The van der Waals surface area contributed by atoms with E-state index in [0.717, 1.165) is 31.3 Å². The van der Waals surface area contributed by atoms with Crippen molar-refractivity contribution in [1.82, 2.24) is 0 Å². The zero-order valence-corrected chi connectivity index (χ0v) is 11.4. The highest BCUT2D eigenvalue weighted by Gasteiger charge is 2.49. The number of esters is 1. The van der Waals surface area contributed by atoms with Crippen molar-refractivity contribution < 1.29 is 9.53 Å². The fourth-order valence-corrected chi connectivity index (χ4v) is 3.41. The molecular formula is C17H20O2. The molecule has 1 aliphatic heterocycles. The molecule has 2 aliphatic rings. The van der Waals surface area contributed by atoms with Crippen molar-refractivity contribution in [3.63, 3.8) is 0 Å². The van der Waals surface area contributed by atoms with Gasteiger partial charge < -0.3 is 4.74 Å². The molecule has 1 saturated carbocycles. The molecule has 1 saturated heterocycles. The van der Waals surface area contributed by atoms with Crippen LogP contribution in [0.1, 0.15) is 42.7 Å². The summed E-state index contributed by atoms with van der Waals surface area (Å²) >= 11 is 0. The van der Waals surface area contributed by atoms with Gasteiger partial charge in [0, 0.05) is 0 Å². The first kappa shape index (κ1) is 12.5. The SMILES string of the molecule is C=C1COC(=O)C12CCC(c1ccc(C)cc1)CC2. The molecule has 0 unspecified atom stereocenters. The van der Waals surface area contributed by atoms with Crippen molar-refractivity contribution in [2.75, 3.05) is 6.61 Å². The second-order valence-electron chi connectivity index (χ2n) is 5.95. The minimum atomic E-state index is -0.360. The fraction of sp³-hybridized carbons (Fsp3) is 0.471. The van der Waals surface area contributed by atoms with Gasteiger partial charge in [-0.3, -0.25) is 4.79 Å². The molecule has 0 N–H and O–H groups in total. The van der Waals surface area contributed by atoms with E-state index in [9.17, 15) is 4.79 Å². The van der Waals surface area contributed by atoms with Crippen LogP contribution in [-0.2, 0) is 9.53 Å². The van der Waals surface area contributed by atoms with Crippen LogP contribution in [0, 0.1) is 12.3 Å². The molecule has 1 spiro atoms. The zero-order valence-electron chi connectivity index (χ0n) is 11.4. The van der Waals surface area contributed by atoms with E-state index in [0.29, 0.717) is 12.5 Å². The number of benzene rings is 1. The molecule has 0 aromatic heterocycles. The molecule has 3 rings (SSSR count). The summed E-state index contributed by atoms with van der Waals surface area (Å²) in [7, 11) is 0. The number of carbonyl (C=O) groups is 1. The molecule has 1 aromatic carbocycles. The van der Waals surface area contributed by atoms with E-state index < -0.39 is 0 Å². The normalized spacial score (nSPS) is 30.7. The van der Waals surface area contributed by atoms with E-state index >= 15 is 0 Å². The third kappa shape index (κ3) is 1.99. The maximum absolute atomic E-state index is 12.0. The van der Waals surface area contributed by atoms with Crippen LogP contribution in [0.2, 0.25) is 0 Å². The Balaban J connectivity index is 1.74. The first-order chi connectivity index (χ1) is 9.12. The number of carbonyl (C=O) groups excluding carboxylic acids is 1. The lowest BCUT2D eigenvalue weighted by Gasteiger charge is -2.34. The zero-order chi connectivity index (χ0) is 13.5. The molecule has 2 nitrogen and oxygen atoms in total. The van der Waals surface area contributed by atoms with Gasteiger partial charge in [0.05, 0.1) is 5.41 Å². The van der Waals surface area contributed by atoms with E-state index in [2.05, 4.69) is 37.8 Å². The second kappa shape index (κ2) is 4.52. The average Bonchev–Trinajstić information content (AvgIpc) is 2.70. The summed E-state index contributed by atoms with van der Waals surface area (Å²) in [4.78, 5) is 12.0. The van der Waals surface area contributed by atoms with Gasteiger partial charge in [-0.25, -0.2) is 0 Å². The van der Waals surface area contributed by atoms with Crippen molar-refractivity contribution in [1.29, 1.82) is 0 Å². The van der Waals surface area contributed by atoms with Crippen LogP contribution in [0.5, 0.6) is 0 Å². The van der Waals surface area contributed by atoms with E-state index in [1.54, 1.807) is 0 Å². The standard InChI is InChI=1S/C17H20O2/c1-12-3-5-14(6-4-12)15-7-9-17(10-8-15)13(2)11-19-16(17)18/h3-6,15H,2,7-11H2,1H3. The van der Waals surface area contributed by atoms with Gasteiger partial charge in [-0.15, -0.1) is 0 Å². The van der Waals surface area contributed by atoms with Gasteiger partial charge in [0.15, 0.2) is 0 Å². The van der Waals surface area contributed by atoms with Gasteiger partial charge in [-0.05, 0) is 49.7 Å². The highest BCUT2D eigenvalue weighted by atomic mass is 16.5. The van der Waals surface area contributed by atoms with Crippen molar-refractivity contribution >= 4 is 5.97 Å². The lowest BCUT2D eigenvalue weighted by atomic mass is 9.66. The van der Waals surface area contributed by atoms with Gasteiger partial charge in [0.2, 0.25) is 0 Å². The Kier molecular flexibility index (Phi) is 2.96. The number of cyclic esters (lactones) is 1. The van der Waals surface area contributed by atoms with Crippen molar-refractivity contribution in [3.8, 4) is 0 Å². The monoisotopic (exact) mass is 256 g/mol. The maximum atomic E-state index is 12.0. The van der Waals surface area contributed by atoms with Crippen LogP contribution < -0.4 is 0 Å². The third-order valence-electron chi connectivity index (χ3n) is 4.83. The Bertz CT molecular complexity index is 487. The summed E-state index contributed by atoms with van der Waals surface area (Å²) < 4.78 is 5.18. The Morgan fingerprint density at radius 2 is 1.84 bits per heavy atom. The van der Waals surface area contributed by atoms with Crippen LogP contribution >= 0.6 is 0 Å². The molecule has 2 heteroatoms. The van der Waals surface area contributed by atoms with Gasteiger partial charge >= 0.3 is 5.97 Å². The number of aryl methyl sites for hydroxylation is 1. The first-order valence-electron chi connectivity index (χ1n) is 7.04.